The van der Waals surface area contributed by atoms with Crippen LogP contribution in [0.4, 0.5) is 0 Å². The smallest absolute Gasteiger partial charge is 0.309 e. The zero-order valence-corrected chi connectivity index (χ0v) is 17.3. The van der Waals surface area contributed by atoms with E-state index in [4.69, 9.17) is 14.2 Å². The molecule has 0 radical (unpaired) electrons. The van der Waals surface area contributed by atoms with Gasteiger partial charge in [0.15, 0.2) is 6.29 Å². The van der Waals surface area contributed by atoms with Gasteiger partial charge in [-0.15, -0.1) is 0 Å². The van der Waals surface area contributed by atoms with Crippen LogP contribution in [0.1, 0.15) is 104 Å². The topological polar surface area (TPSA) is 44.8 Å². The summed E-state index contributed by atoms with van der Waals surface area (Å²) in [5, 5.41) is 0. The van der Waals surface area contributed by atoms with E-state index in [0.717, 1.165) is 38.5 Å². The second kappa shape index (κ2) is 16.6. The molecule has 0 aromatic rings. The van der Waals surface area contributed by atoms with Gasteiger partial charge < -0.3 is 14.2 Å². The SMILES string of the molecule is CCCCCCCOC(COC(=O)C1CCCC1)OCCCCCCC. The van der Waals surface area contributed by atoms with E-state index < -0.39 is 6.29 Å². The van der Waals surface area contributed by atoms with Crippen LogP contribution >= 0.6 is 0 Å². The molecule has 154 valence electrons. The second-order valence-corrected chi connectivity index (χ2v) is 7.61. The van der Waals surface area contributed by atoms with E-state index in [1.165, 1.54) is 51.4 Å². The molecule has 0 aromatic heterocycles. The van der Waals surface area contributed by atoms with Crippen molar-refractivity contribution < 1.29 is 19.0 Å². The van der Waals surface area contributed by atoms with Gasteiger partial charge in [0.2, 0.25) is 0 Å². The van der Waals surface area contributed by atoms with Gasteiger partial charge in [-0.1, -0.05) is 78.1 Å². The van der Waals surface area contributed by atoms with Crippen molar-refractivity contribution in [3.63, 3.8) is 0 Å². The first kappa shape index (κ1) is 23.4. The van der Waals surface area contributed by atoms with E-state index in [2.05, 4.69) is 13.8 Å². The molecule has 1 aliphatic rings. The molecule has 1 saturated carbocycles. The number of ether oxygens (including phenoxy) is 3. The van der Waals surface area contributed by atoms with Crippen LogP contribution in [0.25, 0.3) is 0 Å². The number of esters is 1. The maximum absolute atomic E-state index is 12.1. The molecule has 26 heavy (non-hydrogen) atoms. The van der Waals surface area contributed by atoms with Crippen molar-refractivity contribution in [1.82, 2.24) is 0 Å². The van der Waals surface area contributed by atoms with Crippen molar-refractivity contribution in [2.45, 2.75) is 110 Å². The predicted octanol–water partition coefficient (Wildman–Crippen LogP) is 6.02. The summed E-state index contributed by atoms with van der Waals surface area (Å²) in [6, 6.07) is 0. The van der Waals surface area contributed by atoms with Gasteiger partial charge in [0, 0.05) is 13.2 Å². The number of hydrogen-bond donors (Lipinski definition) is 0. The molecule has 1 aliphatic carbocycles. The predicted molar refractivity (Wildman–Crippen MR) is 106 cm³/mol. The Morgan fingerprint density at radius 1 is 0.808 bits per heavy atom. The monoisotopic (exact) mass is 370 g/mol. The Kier molecular flexibility index (Phi) is 14.9. The van der Waals surface area contributed by atoms with Crippen LogP contribution in [0.15, 0.2) is 0 Å². The fourth-order valence-corrected chi connectivity index (χ4v) is 3.41. The molecule has 0 N–H and O–H groups in total. The van der Waals surface area contributed by atoms with Crippen LogP contribution in [0.3, 0.4) is 0 Å². The maximum atomic E-state index is 12.1. The van der Waals surface area contributed by atoms with Gasteiger partial charge in [-0.2, -0.15) is 0 Å². The van der Waals surface area contributed by atoms with E-state index in [1.807, 2.05) is 0 Å². The Balaban J connectivity index is 2.21. The Morgan fingerprint density at radius 2 is 1.31 bits per heavy atom. The molecule has 1 rings (SSSR count). The highest BCUT2D eigenvalue weighted by atomic mass is 16.7. The van der Waals surface area contributed by atoms with Crippen molar-refractivity contribution in [2.24, 2.45) is 5.92 Å². The number of carbonyl (C=O) groups is 1. The van der Waals surface area contributed by atoms with Crippen LogP contribution in [-0.2, 0) is 19.0 Å². The molecule has 4 heteroatoms. The van der Waals surface area contributed by atoms with Gasteiger partial charge in [0.05, 0.1) is 5.92 Å². The van der Waals surface area contributed by atoms with E-state index in [0.29, 0.717) is 13.2 Å². The van der Waals surface area contributed by atoms with Crippen molar-refractivity contribution in [1.29, 1.82) is 0 Å². The quantitative estimate of drug-likeness (QED) is 0.178. The largest absolute Gasteiger partial charge is 0.460 e. The van der Waals surface area contributed by atoms with E-state index >= 15 is 0 Å². The summed E-state index contributed by atoms with van der Waals surface area (Å²) in [5.74, 6) is 0.0318. The lowest BCUT2D eigenvalue weighted by molar-refractivity contribution is -0.185. The zero-order valence-electron chi connectivity index (χ0n) is 17.3. The van der Waals surface area contributed by atoms with E-state index in [-0.39, 0.29) is 18.5 Å². The average molecular weight is 371 g/mol. The minimum absolute atomic E-state index is 0.0643. The van der Waals surface area contributed by atoms with Gasteiger partial charge in [-0.3, -0.25) is 4.79 Å². The molecule has 4 nitrogen and oxygen atoms in total. The number of unbranched alkanes of at least 4 members (excludes halogenated alkanes) is 8. The first-order valence-electron chi connectivity index (χ1n) is 11.2. The fourth-order valence-electron chi connectivity index (χ4n) is 3.41. The number of hydrogen-bond acceptors (Lipinski definition) is 4. The van der Waals surface area contributed by atoms with E-state index in [9.17, 15) is 4.79 Å². The third-order valence-electron chi connectivity index (χ3n) is 5.15. The van der Waals surface area contributed by atoms with Crippen LogP contribution in [0.5, 0.6) is 0 Å². The molecule has 1 fully saturated rings. The molecule has 0 amide bonds. The molecule has 0 aliphatic heterocycles. The molecule has 0 atom stereocenters. The zero-order chi connectivity index (χ0) is 18.9. The molecule has 0 heterocycles. The Hall–Kier alpha value is -0.610. The molecule has 0 spiro atoms. The third-order valence-corrected chi connectivity index (χ3v) is 5.15. The molecule has 0 bridgehead atoms. The lowest BCUT2D eigenvalue weighted by Gasteiger charge is -2.20. The second-order valence-electron chi connectivity index (χ2n) is 7.61. The van der Waals surface area contributed by atoms with Gasteiger partial charge >= 0.3 is 5.97 Å². The standard InChI is InChI=1S/C22H42O4/c1-3-5-7-9-13-17-24-21(25-18-14-10-8-6-4-2)19-26-22(23)20-15-11-12-16-20/h20-21H,3-19H2,1-2H3. The normalized spacial score (nSPS) is 15.0. The highest BCUT2D eigenvalue weighted by molar-refractivity contribution is 5.72. The summed E-state index contributed by atoms with van der Waals surface area (Å²) >= 11 is 0. The summed E-state index contributed by atoms with van der Waals surface area (Å²) in [4.78, 5) is 12.1. The van der Waals surface area contributed by atoms with Crippen LogP contribution < -0.4 is 0 Å². The van der Waals surface area contributed by atoms with Gasteiger partial charge in [0.1, 0.15) is 6.61 Å². The molecule has 0 aromatic carbocycles. The van der Waals surface area contributed by atoms with Gasteiger partial charge in [-0.25, -0.2) is 0 Å². The maximum Gasteiger partial charge on any atom is 0.309 e. The highest BCUT2D eigenvalue weighted by Crippen LogP contribution is 2.25. The minimum Gasteiger partial charge on any atom is -0.460 e. The summed E-state index contributed by atoms with van der Waals surface area (Å²) in [7, 11) is 0. The molecule has 0 unspecified atom stereocenters. The molecular weight excluding hydrogens is 328 g/mol. The highest BCUT2D eigenvalue weighted by Gasteiger charge is 2.25. The lowest BCUT2D eigenvalue weighted by atomic mass is 10.1. The van der Waals surface area contributed by atoms with Crippen molar-refractivity contribution in [2.75, 3.05) is 19.8 Å². The first-order chi connectivity index (χ1) is 12.8. The Morgan fingerprint density at radius 3 is 1.81 bits per heavy atom. The van der Waals surface area contributed by atoms with Crippen LogP contribution in [0, 0.1) is 5.92 Å². The Bertz CT molecular complexity index is 310. The minimum atomic E-state index is -0.405. The number of carbonyl (C=O) groups excluding carboxylic acids is 1. The molecular formula is C22H42O4. The van der Waals surface area contributed by atoms with Gasteiger partial charge in [-0.05, 0) is 25.7 Å². The molecule has 0 saturated heterocycles. The van der Waals surface area contributed by atoms with Crippen molar-refractivity contribution >= 4 is 5.97 Å². The van der Waals surface area contributed by atoms with E-state index in [1.54, 1.807) is 0 Å². The van der Waals surface area contributed by atoms with Gasteiger partial charge in [0.25, 0.3) is 0 Å². The summed E-state index contributed by atoms with van der Waals surface area (Å²) < 4.78 is 17.2. The van der Waals surface area contributed by atoms with Crippen LogP contribution in [0.2, 0.25) is 0 Å². The summed E-state index contributed by atoms with van der Waals surface area (Å²) in [6.45, 7) is 6.05. The van der Waals surface area contributed by atoms with Crippen LogP contribution in [-0.4, -0.2) is 32.1 Å². The first-order valence-corrected chi connectivity index (χ1v) is 11.2. The Labute approximate surface area is 161 Å². The third kappa shape index (κ3) is 11.9. The van der Waals surface area contributed by atoms with Crippen molar-refractivity contribution in [3.8, 4) is 0 Å². The average Bonchev–Trinajstić information content (AvgIpc) is 3.19. The summed E-state index contributed by atoms with van der Waals surface area (Å²) in [6.07, 6.45) is 15.9. The fraction of sp³-hybridized carbons (Fsp3) is 0.955. The summed E-state index contributed by atoms with van der Waals surface area (Å²) in [5.41, 5.74) is 0. The van der Waals surface area contributed by atoms with Crippen molar-refractivity contribution in [3.05, 3.63) is 0 Å². The number of rotatable bonds is 17. The lowest BCUT2D eigenvalue weighted by Crippen LogP contribution is -2.28.